The molecule has 3 N–H and O–H groups in total. The molecule has 1 heterocycles. The van der Waals surface area contributed by atoms with Gasteiger partial charge in [-0.15, -0.1) is 0 Å². The summed E-state index contributed by atoms with van der Waals surface area (Å²) >= 11 is 4.96. The van der Waals surface area contributed by atoms with Crippen LogP contribution >= 0.6 is 12.2 Å². The summed E-state index contributed by atoms with van der Waals surface area (Å²) in [5.74, 6) is 0.778. The minimum absolute atomic E-state index is 0.265. The Morgan fingerprint density at radius 2 is 2.17 bits per heavy atom. The van der Waals surface area contributed by atoms with E-state index in [2.05, 4.69) is 10.3 Å². The van der Waals surface area contributed by atoms with E-state index < -0.39 is 0 Å². The van der Waals surface area contributed by atoms with Gasteiger partial charge in [-0.05, 0) is 24.3 Å². The van der Waals surface area contributed by atoms with Crippen LogP contribution in [0.5, 0.6) is 5.75 Å². The number of anilines is 2. The third-order valence-corrected chi connectivity index (χ3v) is 2.58. The summed E-state index contributed by atoms with van der Waals surface area (Å²) in [6.45, 7) is 0. The Hall–Kier alpha value is -2.14. The predicted molar refractivity (Wildman–Crippen MR) is 76.4 cm³/mol. The van der Waals surface area contributed by atoms with Crippen molar-refractivity contribution in [3.63, 3.8) is 0 Å². The zero-order valence-corrected chi connectivity index (χ0v) is 10.7. The zero-order chi connectivity index (χ0) is 13.0. The third-order valence-electron chi connectivity index (χ3n) is 2.39. The molecule has 0 saturated carbocycles. The average Bonchev–Trinajstić information content (AvgIpc) is 2.39. The van der Waals surface area contributed by atoms with E-state index in [1.165, 1.54) is 0 Å². The first kappa shape index (κ1) is 12.3. The molecule has 0 saturated heterocycles. The Morgan fingerprint density at radius 1 is 1.33 bits per heavy atom. The van der Waals surface area contributed by atoms with E-state index in [1.54, 1.807) is 13.3 Å². The summed E-state index contributed by atoms with van der Waals surface area (Å²) in [4.78, 5) is 4.42. The summed E-state index contributed by atoms with van der Waals surface area (Å²) < 4.78 is 5.16. The van der Waals surface area contributed by atoms with Gasteiger partial charge in [0.15, 0.2) is 0 Å². The van der Waals surface area contributed by atoms with Gasteiger partial charge in [0.2, 0.25) is 0 Å². The van der Waals surface area contributed by atoms with E-state index in [0.717, 1.165) is 17.1 Å². The molecule has 18 heavy (non-hydrogen) atoms. The molecule has 0 fully saturated rings. The lowest BCUT2D eigenvalue weighted by atomic mass is 10.2. The molecule has 0 amide bonds. The van der Waals surface area contributed by atoms with Crippen LogP contribution in [0.15, 0.2) is 42.6 Å². The van der Waals surface area contributed by atoms with Crippen molar-refractivity contribution in [2.75, 3.05) is 12.4 Å². The van der Waals surface area contributed by atoms with Crippen LogP contribution in [0.25, 0.3) is 0 Å². The SMILES string of the molecule is COc1cccc(Nc2cccnc2C(N)=S)c1. The molecule has 0 bridgehead atoms. The smallest absolute Gasteiger partial charge is 0.124 e. The van der Waals surface area contributed by atoms with Gasteiger partial charge in [-0.3, -0.25) is 4.98 Å². The first-order valence-electron chi connectivity index (χ1n) is 5.36. The Morgan fingerprint density at radius 3 is 2.89 bits per heavy atom. The molecule has 2 aromatic rings. The number of methoxy groups -OCH3 is 1. The number of hydrogen-bond acceptors (Lipinski definition) is 4. The van der Waals surface area contributed by atoms with Gasteiger partial charge < -0.3 is 15.8 Å². The lowest BCUT2D eigenvalue weighted by Crippen LogP contribution is -2.13. The molecule has 1 aromatic carbocycles. The Labute approximate surface area is 111 Å². The van der Waals surface area contributed by atoms with E-state index in [0.29, 0.717) is 5.69 Å². The number of thiocarbonyl (C=S) groups is 1. The van der Waals surface area contributed by atoms with Crippen molar-refractivity contribution in [3.8, 4) is 5.75 Å². The van der Waals surface area contributed by atoms with Gasteiger partial charge in [-0.1, -0.05) is 18.3 Å². The van der Waals surface area contributed by atoms with Crippen LogP contribution in [-0.2, 0) is 0 Å². The quantitative estimate of drug-likeness (QED) is 0.826. The highest BCUT2D eigenvalue weighted by Gasteiger charge is 2.06. The molecular weight excluding hydrogens is 246 g/mol. The number of pyridine rings is 1. The number of nitrogens with one attached hydrogen (secondary N) is 1. The number of benzene rings is 1. The predicted octanol–water partition coefficient (Wildman–Crippen LogP) is 2.47. The number of nitrogens with two attached hydrogens (primary N) is 1. The number of hydrogen-bond donors (Lipinski definition) is 2. The van der Waals surface area contributed by atoms with E-state index >= 15 is 0 Å². The van der Waals surface area contributed by atoms with E-state index in [4.69, 9.17) is 22.7 Å². The summed E-state index contributed by atoms with van der Waals surface area (Å²) in [7, 11) is 1.63. The highest BCUT2D eigenvalue weighted by molar-refractivity contribution is 7.80. The molecule has 0 atom stereocenters. The van der Waals surface area contributed by atoms with Gasteiger partial charge in [-0.25, -0.2) is 0 Å². The molecule has 2 rings (SSSR count). The van der Waals surface area contributed by atoms with Crippen LogP contribution in [0.3, 0.4) is 0 Å². The van der Waals surface area contributed by atoms with Crippen molar-refractivity contribution >= 4 is 28.6 Å². The Balaban J connectivity index is 2.31. The molecule has 4 nitrogen and oxygen atoms in total. The number of rotatable bonds is 4. The number of aromatic nitrogens is 1. The van der Waals surface area contributed by atoms with E-state index in [9.17, 15) is 0 Å². The topological polar surface area (TPSA) is 60.2 Å². The molecule has 0 radical (unpaired) electrons. The van der Waals surface area contributed by atoms with Crippen LogP contribution in [0.4, 0.5) is 11.4 Å². The second-order valence-electron chi connectivity index (χ2n) is 3.62. The van der Waals surface area contributed by atoms with Crippen LogP contribution < -0.4 is 15.8 Å². The van der Waals surface area contributed by atoms with Crippen LogP contribution in [-0.4, -0.2) is 17.1 Å². The van der Waals surface area contributed by atoms with Gasteiger partial charge in [0.25, 0.3) is 0 Å². The number of ether oxygens (including phenoxy) is 1. The average molecular weight is 259 g/mol. The first-order chi connectivity index (χ1) is 8.70. The Bertz CT molecular complexity index is 572. The number of nitrogens with zero attached hydrogens (tertiary/aromatic N) is 1. The molecule has 5 heteroatoms. The van der Waals surface area contributed by atoms with E-state index in [1.807, 2.05) is 36.4 Å². The highest BCUT2D eigenvalue weighted by Crippen LogP contribution is 2.22. The summed E-state index contributed by atoms with van der Waals surface area (Å²) in [5, 5.41) is 3.22. The minimum atomic E-state index is 0.265. The van der Waals surface area contributed by atoms with Crippen LogP contribution in [0, 0.1) is 0 Å². The summed E-state index contributed by atoms with van der Waals surface area (Å²) in [6, 6.07) is 11.3. The van der Waals surface area contributed by atoms with Gasteiger partial charge in [0, 0.05) is 18.0 Å². The molecule has 0 aliphatic heterocycles. The standard InChI is InChI=1S/C13H13N3OS/c1-17-10-5-2-4-9(8-10)16-11-6-3-7-15-12(11)13(14)18/h2-8,16H,1H3,(H2,14,18). The maximum absolute atomic E-state index is 5.63. The lowest BCUT2D eigenvalue weighted by Gasteiger charge is -2.10. The normalized spacial score (nSPS) is 9.83. The Kier molecular flexibility index (Phi) is 3.74. The third kappa shape index (κ3) is 2.75. The van der Waals surface area contributed by atoms with Gasteiger partial charge >= 0.3 is 0 Å². The lowest BCUT2D eigenvalue weighted by molar-refractivity contribution is 0.415. The fraction of sp³-hybridized carbons (Fsp3) is 0.0769. The fourth-order valence-electron chi connectivity index (χ4n) is 1.56. The summed E-state index contributed by atoms with van der Waals surface area (Å²) in [5.41, 5.74) is 7.87. The molecule has 0 unspecified atom stereocenters. The molecule has 1 aromatic heterocycles. The maximum Gasteiger partial charge on any atom is 0.124 e. The van der Waals surface area contributed by atoms with Crippen molar-refractivity contribution in [2.24, 2.45) is 5.73 Å². The van der Waals surface area contributed by atoms with Crippen molar-refractivity contribution in [1.82, 2.24) is 4.98 Å². The summed E-state index contributed by atoms with van der Waals surface area (Å²) in [6.07, 6.45) is 1.66. The largest absolute Gasteiger partial charge is 0.497 e. The second kappa shape index (κ2) is 5.46. The second-order valence-corrected chi connectivity index (χ2v) is 4.06. The van der Waals surface area contributed by atoms with E-state index in [-0.39, 0.29) is 4.99 Å². The molecule has 92 valence electrons. The van der Waals surface area contributed by atoms with Gasteiger partial charge in [0.05, 0.1) is 12.8 Å². The van der Waals surface area contributed by atoms with Crippen LogP contribution in [0.2, 0.25) is 0 Å². The van der Waals surface area contributed by atoms with Gasteiger partial charge in [0.1, 0.15) is 16.4 Å². The minimum Gasteiger partial charge on any atom is -0.497 e. The van der Waals surface area contributed by atoms with Crippen LogP contribution in [0.1, 0.15) is 5.69 Å². The molecule has 0 spiro atoms. The van der Waals surface area contributed by atoms with Crippen molar-refractivity contribution in [2.45, 2.75) is 0 Å². The monoisotopic (exact) mass is 259 g/mol. The molecule has 0 aliphatic carbocycles. The molecule has 0 aliphatic rings. The maximum atomic E-state index is 5.63. The molecular formula is C13H13N3OS. The van der Waals surface area contributed by atoms with Gasteiger partial charge in [-0.2, -0.15) is 0 Å². The highest BCUT2D eigenvalue weighted by atomic mass is 32.1. The van der Waals surface area contributed by atoms with Crippen molar-refractivity contribution in [1.29, 1.82) is 0 Å². The van der Waals surface area contributed by atoms with Crippen molar-refractivity contribution in [3.05, 3.63) is 48.3 Å². The first-order valence-corrected chi connectivity index (χ1v) is 5.77. The zero-order valence-electron chi connectivity index (χ0n) is 9.88. The van der Waals surface area contributed by atoms with Crippen molar-refractivity contribution < 1.29 is 4.74 Å². The fourth-order valence-corrected chi connectivity index (χ4v) is 1.72.